The molecule has 162 valence electrons. The van der Waals surface area contributed by atoms with Crippen LogP contribution in [0.1, 0.15) is 28.8 Å². The number of nitrogens with one attached hydrogen (secondary N) is 1. The maximum atomic E-state index is 13.2. The molecule has 1 aliphatic rings. The minimum Gasteiger partial charge on any atom is -0.495 e. The average molecular weight is 420 g/mol. The number of aromatic amines is 1. The van der Waals surface area contributed by atoms with E-state index in [-0.39, 0.29) is 11.5 Å². The number of likely N-dealkylation sites (N-methyl/N-ethyl adjacent to an activating group) is 1. The minimum atomic E-state index is -0.191. The number of benzene rings is 2. The van der Waals surface area contributed by atoms with Crippen LogP contribution in [0.25, 0.3) is 10.9 Å². The SMILES string of the molecule is COc1cc(C(=O)N2CCC(N(C)CCc3ccccc3)CC2)cc2ccc(=O)[nH]c12. The highest BCUT2D eigenvalue weighted by molar-refractivity contribution is 5.99. The van der Waals surface area contributed by atoms with Gasteiger partial charge in [-0.25, -0.2) is 0 Å². The number of H-pyrrole nitrogens is 1. The molecule has 0 bridgehead atoms. The third kappa shape index (κ3) is 4.80. The number of hydrogen-bond acceptors (Lipinski definition) is 4. The Labute approximate surface area is 182 Å². The van der Waals surface area contributed by atoms with Crippen molar-refractivity contribution in [3.8, 4) is 5.75 Å². The van der Waals surface area contributed by atoms with Crippen LogP contribution in [0.15, 0.2) is 59.4 Å². The predicted molar refractivity (Wildman–Crippen MR) is 123 cm³/mol. The van der Waals surface area contributed by atoms with Crippen molar-refractivity contribution >= 4 is 16.8 Å². The third-order valence-corrected chi connectivity index (χ3v) is 6.23. The molecule has 4 rings (SSSR count). The van der Waals surface area contributed by atoms with Crippen LogP contribution in [-0.4, -0.2) is 60.5 Å². The van der Waals surface area contributed by atoms with Crippen LogP contribution < -0.4 is 10.3 Å². The molecule has 1 N–H and O–H groups in total. The Kier molecular flexibility index (Phi) is 6.37. The van der Waals surface area contributed by atoms with Crippen LogP contribution >= 0.6 is 0 Å². The molecule has 3 aromatic rings. The van der Waals surface area contributed by atoms with Gasteiger partial charge >= 0.3 is 0 Å². The predicted octanol–water partition coefficient (Wildman–Crippen LogP) is 3.32. The van der Waals surface area contributed by atoms with Gasteiger partial charge in [0, 0.05) is 42.7 Å². The van der Waals surface area contributed by atoms with Crippen molar-refractivity contribution in [2.75, 3.05) is 33.8 Å². The van der Waals surface area contributed by atoms with Crippen molar-refractivity contribution < 1.29 is 9.53 Å². The van der Waals surface area contributed by atoms with Crippen LogP contribution in [0, 0.1) is 0 Å². The largest absolute Gasteiger partial charge is 0.495 e. The number of piperidine rings is 1. The summed E-state index contributed by atoms with van der Waals surface area (Å²) in [5, 5.41) is 0.790. The van der Waals surface area contributed by atoms with Gasteiger partial charge in [-0.15, -0.1) is 0 Å². The van der Waals surface area contributed by atoms with E-state index in [4.69, 9.17) is 4.74 Å². The van der Waals surface area contributed by atoms with Crippen molar-refractivity contribution in [2.45, 2.75) is 25.3 Å². The Morgan fingerprint density at radius 3 is 2.58 bits per heavy atom. The number of carbonyl (C=O) groups is 1. The molecule has 2 aromatic carbocycles. The molecule has 1 saturated heterocycles. The van der Waals surface area contributed by atoms with Crippen molar-refractivity contribution in [1.29, 1.82) is 0 Å². The maximum absolute atomic E-state index is 13.2. The average Bonchev–Trinajstić information content (AvgIpc) is 2.82. The summed E-state index contributed by atoms with van der Waals surface area (Å²) in [5.41, 5.74) is 2.37. The number of ether oxygens (including phenoxy) is 1. The summed E-state index contributed by atoms with van der Waals surface area (Å²) in [6, 6.07) is 17.8. The Morgan fingerprint density at radius 1 is 1.13 bits per heavy atom. The molecule has 6 nitrogen and oxygen atoms in total. The molecule has 0 radical (unpaired) electrons. The van der Waals surface area contributed by atoms with Gasteiger partial charge in [-0.2, -0.15) is 0 Å². The lowest BCUT2D eigenvalue weighted by Gasteiger charge is -2.37. The lowest BCUT2D eigenvalue weighted by atomic mass is 10.0. The van der Waals surface area contributed by atoms with Gasteiger partial charge in [0.15, 0.2) is 0 Å². The second kappa shape index (κ2) is 9.35. The fourth-order valence-electron chi connectivity index (χ4n) is 4.34. The van der Waals surface area contributed by atoms with Gasteiger partial charge in [-0.05, 0) is 50.1 Å². The first-order valence-corrected chi connectivity index (χ1v) is 10.8. The molecule has 1 aromatic heterocycles. The number of hydrogen-bond donors (Lipinski definition) is 1. The van der Waals surface area contributed by atoms with E-state index in [0.29, 0.717) is 22.9 Å². The van der Waals surface area contributed by atoms with Gasteiger partial charge in [0.05, 0.1) is 12.6 Å². The number of pyridine rings is 1. The number of carbonyl (C=O) groups excluding carboxylic acids is 1. The third-order valence-electron chi connectivity index (χ3n) is 6.23. The maximum Gasteiger partial charge on any atom is 0.254 e. The number of nitrogens with zero attached hydrogens (tertiary/aromatic N) is 2. The molecule has 1 aliphatic heterocycles. The topological polar surface area (TPSA) is 65.6 Å². The highest BCUT2D eigenvalue weighted by Gasteiger charge is 2.26. The zero-order valence-electron chi connectivity index (χ0n) is 18.1. The lowest BCUT2D eigenvalue weighted by Crippen LogP contribution is -2.46. The first kappa shape index (κ1) is 21.1. The summed E-state index contributed by atoms with van der Waals surface area (Å²) in [6.07, 6.45) is 2.97. The zero-order chi connectivity index (χ0) is 21.8. The Hall–Kier alpha value is -3.12. The van der Waals surface area contributed by atoms with E-state index in [0.717, 1.165) is 44.3 Å². The molecule has 0 aliphatic carbocycles. The van der Waals surface area contributed by atoms with Crippen LogP contribution in [0.2, 0.25) is 0 Å². The molecular weight excluding hydrogens is 390 g/mol. The molecule has 31 heavy (non-hydrogen) atoms. The monoisotopic (exact) mass is 419 g/mol. The summed E-state index contributed by atoms with van der Waals surface area (Å²) >= 11 is 0. The van der Waals surface area contributed by atoms with Crippen LogP contribution in [0.3, 0.4) is 0 Å². The minimum absolute atomic E-state index is 0.0109. The second-order valence-electron chi connectivity index (χ2n) is 8.20. The van der Waals surface area contributed by atoms with E-state index in [1.807, 2.05) is 17.0 Å². The standard InChI is InChI=1S/C25H29N3O3/c1-27(13-10-18-6-4-3-5-7-18)21-11-14-28(15-12-21)25(30)20-16-19-8-9-23(29)26-24(19)22(17-20)31-2/h3-9,16-17,21H,10-15H2,1-2H3,(H,26,29). The molecule has 0 unspecified atom stereocenters. The van der Waals surface area contributed by atoms with Crippen molar-refractivity contribution in [1.82, 2.24) is 14.8 Å². The fraction of sp³-hybridized carbons (Fsp3) is 0.360. The molecule has 1 fully saturated rings. The van der Waals surface area contributed by atoms with Gasteiger partial charge in [-0.3, -0.25) is 9.59 Å². The first-order valence-electron chi connectivity index (χ1n) is 10.8. The van der Waals surface area contributed by atoms with Crippen LogP contribution in [0.4, 0.5) is 0 Å². The number of amides is 1. The number of aromatic nitrogens is 1. The molecule has 0 atom stereocenters. The van der Waals surface area contributed by atoms with E-state index in [1.54, 1.807) is 19.2 Å². The van der Waals surface area contributed by atoms with E-state index in [1.165, 1.54) is 11.6 Å². The Balaban J connectivity index is 1.39. The van der Waals surface area contributed by atoms with Gasteiger partial charge in [0.2, 0.25) is 5.56 Å². The van der Waals surface area contributed by atoms with E-state index in [9.17, 15) is 9.59 Å². The van der Waals surface area contributed by atoms with Gasteiger partial charge in [-0.1, -0.05) is 30.3 Å². The molecule has 1 amide bonds. The van der Waals surface area contributed by atoms with Crippen molar-refractivity contribution in [3.63, 3.8) is 0 Å². The van der Waals surface area contributed by atoms with Crippen molar-refractivity contribution in [3.05, 3.63) is 76.1 Å². The van der Waals surface area contributed by atoms with Crippen molar-refractivity contribution in [2.24, 2.45) is 0 Å². The Bertz CT molecular complexity index is 1100. The quantitative estimate of drug-likeness (QED) is 0.666. The first-order chi connectivity index (χ1) is 15.0. The lowest BCUT2D eigenvalue weighted by molar-refractivity contribution is 0.0646. The number of likely N-dealkylation sites (tertiary alicyclic amines) is 1. The molecular formula is C25H29N3O3. The van der Waals surface area contributed by atoms with Gasteiger partial charge in [0.1, 0.15) is 5.75 Å². The van der Waals surface area contributed by atoms with E-state index < -0.39 is 0 Å². The molecule has 0 saturated carbocycles. The van der Waals surface area contributed by atoms with Crippen LogP contribution in [0.5, 0.6) is 5.75 Å². The van der Waals surface area contributed by atoms with E-state index in [2.05, 4.69) is 41.2 Å². The highest BCUT2D eigenvalue weighted by atomic mass is 16.5. The summed E-state index contributed by atoms with van der Waals surface area (Å²) in [6.45, 7) is 2.50. The smallest absolute Gasteiger partial charge is 0.254 e. The fourth-order valence-corrected chi connectivity index (χ4v) is 4.34. The summed E-state index contributed by atoms with van der Waals surface area (Å²) in [4.78, 5) is 31.9. The van der Waals surface area contributed by atoms with Gasteiger partial charge in [0.25, 0.3) is 5.91 Å². The number of rotatable bonds is 6. The molecule has 0 spiro atoms. The van der Waals surface area contributed by atoms with Crippen LogP contribution in [-0.2, 0) is 6.42 Å². The zero-order valence-corrected chi connectivity index (χ0v) is 18.1. The number of fused-ring (bicyclic) bond motifs is 1. The highest BCUT2D eigenvalue weighted by Crippen LogP contribution is 2.26. The van der Waals surface area contributed by atoms with E-state index >= 15 is 0 Å². The summed E-state index contributed by atoms with van der Waals surface area (Å²) < 4.78 is 5.42. The molecule has 2 heterocycles. The summed E-state index contributed by atoms with van der Waals surface area (Å²) in [5.74, 6) is 0.519. The Morgan fingerprint density at radius 2 is 1.87 bits per heavy atom. The molecule has 6 heteroatoms. The summed E-state index contributed by atoms with van der Waals surface area (Å²) in [7, 11) is 3.73. The number of methoxy groups -OCH3 is 1. The normalized spacial score (nSPS) is 14.9. The second-order valence-corrected chi connectivity index (χ2v) is 8.20. The van der Waals surface area contributed by atoms with Gasteiger partial charge < -0.3 is 19.5 Å².